The van der Waals surface area contributed by atoms with Crippen molar-refractivity contribution in [1.29, 1.82) is 0 Å². The van der Waals surface area contributed by atoms with Gasteiger partial charge >= 0.3 is 5.97 Å². The minimum atomic E-state index is -0.258. The molecule has 1 aromatic rings. The van der Waals surface area contributed by atoms with Gasteiger partial charge in [0.15, 0.2) is 0 Å². The van der Waals surface area contributed by atoms with Gasteiger partial charge in [0.25, 0.3) is 0 Å². The summed E-state index contributed by atoms with van der Waals surface area (Å²) in [6, 6.07) is 10.4. The van der Waals surface area contributed by atoms with Gasteiger partial charge in [-0.15, -0.1) is 5.06 Å². The van der Waals surface area contributed by atoms with Crippen LogP contribution in [0.5, 0.6) is 0 Å². The Morgan fingerprint density at radius 1 is 1.21 bits per heavy atom. The Balaban J connectivity index is 2.44. The number of nitrogens with zero attached hydrogens (tertiary/aromatic N) is 1. The largest absolute Gasteiger partial charge is 0.367 e. The third kappa shape index (κ3) is 2.66. The molecule has 1 heterocycles. The van der Waals surface area contributed by atoms with Crippen LogP contribution in [0.1, 0.15) is 52.6 Å². The van der Waals surface area contributed by atoms with Gasteiger partial charge in [0, 0.05) is 6.92 Å². The van der Waals surface area contributed by atoms with Crippen molar-refractivity contribution in [3.63, 3.8) is 0 Å². The van der Waals surface area contributed by atoms with Crippen LogP contribution in [0.25, 0.3) is 0 Å². The zero-order valence-corrected chi connectivity index (χ0v) is 12.4. The summed E-state index contributed by atoms with van der Waals surface area (Å²) >= 11 is 0. The van der Waals surface area contributed by atoms with Gasteiger partial charge in [-0.2, -0.15) is 0 Å². The Morgan fingerprint density at radius 2 is 1.79 bits per heavy atom. The van der Waals surface area contributed by atoms with Crippen LogP contribution in [0.3, 0.4) is 0 Å². The predicted molar refractivity (Wildman–Crippen MR) is 75.3 cm³/mol. The fraction of sp³-hybridized carbons (Fsp3) is 0.562. The van der Waals surface area contributed by atoms with Gasteiger partial charge in [0.05, 0.1) is 11.6 Å². The highest BCUT2D eigenvalue weighted by Crippen LogP contribution is 2.54. The van der Waals surface area contributed by atoms with Crippen LogP contribution in [-0.4, -0.2) is 16.6 Å². The quantitative estimate of drug-likeness (QED) is 0.812. The van der Waals surface area contributed by atoms with Gasteiger partial charge < -0.3 is 4.84 Å². The van der Waals surface area contributed by atoms with E-state index < -0.39 is 0 Å². The van der Waals surface area contributed by atoms with Crippen molar-refractivity contribution in [3.8, 4) is 0 Å². The molecule has 1 aliphatic heterocycles. The summed E-state index contributed by atoms with van der Waals surface area (Å²) in [5, 5.41) is 1.88. The highest BCUT2D eigenvalue weighted by molar-refractivity contribution is 5.65. The van der Waals surface area contributed by atoms with Crippen LogP contribution in [-0.2, 0) is 9.63 Å². The highest BCUT2D eigenvalue weighted by atomic mass is 16.7. The van der Waals surface area contributed by atoms with E-state index in [0.29, 0.717) is 0 Å². The molecule has 1 atom stereocenters. The summed E-state index contributed by atoms with van der Waals surface area (Å²) in [7, 11) is 0. The molecule has 1 fully saturated rings. The van der Waals surface area contributed by atoms with Crippen molar-refractivity contribution in [1.82, 2.24) is 5.06 Å². The van der Waals surface area contributed by atoms with Gasteiger partial charge in [-0.05, 0) is 31.2 Å². The molecule has 0 saturated carbocycles. The number of carbonyl (C=O) groups is 1. The van der Waals surface area contributed by atoms with Crippen LogP contribution in [0.4, 0.5) is 0 Å². The number of hydroxylamine groups is 2. The molecule has 3 nitrogen and oxygen atoms in total. The van der Waals surface area contributed by atoms with Gasteiger partial charge in [0.2, 0.25) is 0 Å². The first kappa shape index (κ1) is 14.1. The molecule has 0 aliphatic carbocycles. The molecule has 0 aromatic heterocycles. The number of benzene rings is 1. The molecule has 0 N–H and O–H groups in total. The molecule has 3 heteroatoms. The molecule has 0 radical (unpaired) electrons. The van der Waals surface area contributed by atoms with E-state index in [1.165, 1.54) is 12.5 Å². The second-order valence-electron chi connectivity index (χ2n) is 6.70. The minimum absolute atomic E-state index is 0.0559. The average molecular weight is 261 g/mol. The summed E-state index contributed by atoms with van der Waals surface area (Å²) < 4.78 is 0. The maximum atomic E-state index is 11.4. The van der Waals surface area contributed by atoms with Crippen molar-refractivity contribution >= 4 is 5.97 Å². The molecule has 1 unspecified atom stereocenters. The van der Waals surface area contributed by atoms with E-state index in [1.807, 2.05) is 23.3 Å². The van der Waals surface area contributed by atoms with E-state index in [2.05, 4.69) is 39.8 Å². The molecule has 2 rings (SSSR count). The Bertz CT molecular complexity index is 465. The minimum Gasteiger partial charge on any atom is -0.367 e. The first-order chi connectivity index (χ1) is 8.74. The smallest absolute Gasteiger partial charge is 0.322 e. The van der Waals surface area contributed by atoms with E-state index in [0.717, 1.165) is 6.42 Å². The normalized spacial score (nSPS) is 25.2. The Labute approximate surface area is 115 Å². The van der Waals surface area contributed by atoms with Crippen LogP contribution in [0.2, 0.25) is 0 Å². The third-order valence-electron chi connectivity index (χ3n) is 3.80. The van der Waals surface area contributed by atoms with Crippen LogP contribution >= 0.6 is 0 Å². The second-order valence-corrected chi connectivity index (χ2v) is 6.70. The lowest BCUT2D eigenvalue weighted by atomic mass is 9.79. The van der Waals surface area contributed by atoms with Crippen molar-refractivity contribution in [2.45, 2.75) is 52.6 Å². The van der Waals surface area contributed by atoms with E-state index in [1.54, 1.807) is 0 Å². The maximum absolute atomic E-state index is 11.4. The molecule has 1 saturated heterocycles. The summed E-state index contributed by atoms with van der Waals surface area (Å²) in [4.78, 5) is 16.9. The molecule has 0 bridgehead atoms. The molecule has 104 valence electrons. The van der Waals surface area contributed by atoms with Crippen molar-refractivity contribution < 1.29 is 9.63 Å². The first-order valence-electron chi connectivity index (χ1n) is 6.77. The van der Waals surface area contributed by atoms with Gasteiger partial charge in [0.1, 0.15) is 0 Å². The molecular formula is C16H23NO2. The van der Waals surface area contributed by atoms with Gasteiger partial charge in [-0.25, -0.2) is 0 Å². The molecule has 1 aliphatic rings. The topological polar surface area (TPSA) is 29.5 Å². The number of rotatable bonds is 2. The lowest BCUT2D eigenvalue weighted by Gasteiger charge is -2.35. The summed E-state index contributed by atoms with van der Waals surface area (Å²) in [6.45, 7) is 10.2. The molecule has 0 amide bonds. The predicted octanol–water partition coefficient (Wildman–Crippen LogP) is 3.72. The third-order valence-corrected chi connectivity index (χ3v) is 3.80. The fourth-order valence-corrected chi connectivity index (χ4v) is 3.49. The van der Waals surface area contributed by atoms with Crippen molar-refractivity contribution in [2.24, 2.45) is 5.41 Å². The lowest BCUT2D eigenvalue weighted by Crippen LogP contribution is -2.41. The Kier molecular flexibility index (Phi) is 3.43. The van der Waals surface area contributed by atoms with E-state index in [-0.39, 0.29) is 23.0 Å². The molecular weight excluding hydrogens is 238 g/mol. The maximum Gasteiger partial charge on any atom is 0.322 e. The summed E-state index contributed by atoms with van der Waals surface area (Å²) in [5.74, 6) is -0.258. The van der Waals surface area contributed by atoms with Gasteiger partial charge in [-0.1, -0.05) is 44.2 Å². The Morgan fingerprint density at radius 3 is 2.32 bits per heavy atom. The van der Waals surface area contributed by atoms with Crippen molar-refractivity contribution in [3.05, 3.63) is 35.9 Å². The summed E-state index contributed by atoms with van der Waals surface area (Å²) in [6.07, 6.45) is 0.979. The van der Waals surface area contributed by atoms with Gasteiger partial charge in [-0.3, -0.25) is 4.79 Å². The summed E-state index contributed by atoms with van der Waals surface area (Å²) in [5.41, 5.74) is 1.09. The zero-order valence-electron chi connectivity index (χ0n) is 12.4. The number of hydrogen-bond acceptors (Lipinski definition) is 3. The Hall–Kier alpha value is -1.35. The van der Waals surface area contributed by atoms with Crippen molar-refractivity contribution in [2.75, 3.05) is 0 Å². The van der Waals surface area contributed by atoms with Crippen LogP contribution in [0, 0.1) is 5.41 Å². The SMILES string of the molecule is CC(=O)ON1C(c2ccccc2)C(C)(C)CC1(C)C. The molecule has 1 aromatic carbocycles. The van der Waals surface area contributed by atoms with E-state index >= 15 is 0 Å². The molecule has 0 spiro atoms. The zero-order chi connectivity index (χ0) is 14.3. The highest BCUT2D eigenvalue weighted by Gasteiger charge is 2.53. The second kappa shape index (κ2) is 4.64. The monoisotopic (exact) mass is 261 g/mol. The number of hydrogen-bond donors (Lipinski definition) is 0. The van der Waals surface area contributed by atoms with Crippen LogP contribution < -0.4 is 0 Å². The van der Waals surface area contributed by atoms with Crippen LogP contribution in [0.15, 0.2) is 30.3 Å². The van der Waals surface area contributed by atoms with E-state index in [9.17, 15) is 4.79 Å². The number of carbonyl (C=O) groups excluding carboxylic acids is 1. The first-order valence-corrected chi connectivity index (χ1v) is 6.77. The average Bonchev–Trinajstić information content (AvgIpc) is 2.44. The lowest BCUT2D eigenvalue weighted by molar-refractivity contribution is -0.221. The van der Waals surface area contributed by atoms with E-state index in [4.69, 9.17) is 4.84 Å². The molecule has 19 heavy (non-hydrogen) atoms. The standard InChI is InChI=1S/C16H23NO2/c1-12(18)19-17-14(13-9-7-6-8-10-13)15(2,3)11-16(17,4)5/h6-10,14H,11H2,1-5H3. The fourth-order valence-electron chi connectivity index (χ4n) is 3.49.